The number of carbonyl (C=O) groups is 2. The van der Waals surface area contributed by atoms with Gasteiger partial charge >= 0.3 is 12.0 Å². The Morgan fingerprint density at radius 2 is 2.00 bits per heavy atom. The lowest BCUT2D eigenvalue weighted by Crippen LogP contribution is -2.29. The summed E-state index contributed by atoms with van der Waals surface area (Å²) < 4.78 is 5.15. The molecule has 116 valence electrons. The Bertz CT molecular complexity index is 525. The summed E-state index contributed by atoms with van der Waals surface area (Å²) in [5.41, 5.74) is 1.62. The normalized spacial score (nSPS) is 13.4. The van der Waals surface area contributed by atoms with Crippen LogP contribution in [0.15, 0.2) is 0 Å². The van der Waals surface area contributed by atoms with E-state index in [-0.39, 0.29) is 12.0 Å². The summed E-state index contributed by atoms with van der Waals surface area (Å²) in [6.07, 6.45) is 4.96. The number of urea groups is 1. The molecule has 1 aliphatic carbocycles. The summed E-state index contributed by atoms with van der Waals surface area (Å²) in [6.45, 7) is 4.74. The molecule has 0 aromatic carbocycles. The molecular weight excluding hydrogens is 288 g/mol. The number of ether oxygens (including phenoxy) is 1. The smallest absolute Gasteiger partial charge is 0.341 e. The molecule has 0 saturated carbocycles. The molecule has 0 unspecified atom stereocenters. The van der Waals surface area contributed by atoms with E-state index in [2.05, 4.69) is 10.6 Å². The van der Waals surface area contributed by atoms with E-state index in [4.69, 9.17) is 4.74 Å². The minimum atomic E-state index is -0.331. The summed E-state index contributed by atoms with van der Waals surface area (Å²) in [6, 6.07) is -0.263. The number of esters is 1. The van der Waals surface area contributed by atoms with Crippen molar-refractivity contribution in [2.24, 2.45) is 0 Å². The second-order valence-corrected chi connectivity index (χ2v) is 6.12. The Morgan fingerprint density at radius 3 is 2.71 bits per heavy atom. The molecule has 0 saturated heterocycles. The highest BCUT2D eigenvalue weighted by Gasteiger charge is 2.27. The summed E-state index contributed by atoms with van der Waals surface area (Å²) in [4.78, 5) is 25.3. The molecule has 2 N–H and O–H groups in total. The van der Waals surface area contributed by atoms with Crippen molar-refractivity contribution >= 4 is 28.3 Å². The molecule has 1 aliphatic rings. The van der Waals surface area contributed by atoms with Gasteiger partial charge in [-0.3, -0.25) is 5.32 Å². The first-order valence-corrected chi connectivity index (χ1v) is 8.35. The van der Waals surface area contributed by atoms with Crippen LogP contribution in [0, 0.1) is 0 Å². The second-order valence-electron chi connectivity index (χ2n) is 5.02. The van der Waals surface area contributed by atoms with Gasteiger partial charge in [0.25, 0.3) is 0 Å². The van der Waals surface area contributed by atoms with E-state index < -0.39 is 0 Å². The fourth-order valence-corrected chi connectivity index (χ4v) is 3.73. The van der Waals surface area contributed by atoms with Crippen molar-refractivity contribution in [3.63, 3.8) is 0 Å². The van der Waals surface area contributed by atoms with Gasteiger partial charge in [0.1, 0.15) is 5.00 Å². The lowest BCUT2D eigenvalue weighted by Gasteiger charge is -2.12. The fourth-order valence-electron chi connectivity index (χ4n) is 2.46. The predicted molar refractivity (Wildman–Crippen MR) is 84.2 cm³/mol. The van der Waals surface area contributed by atoms with Gasteiger partial charge in [0, 0.05) is 11.4 Å². The summed E-state index contributed by atoms with van der Waals surface area (Å²) in [7, 11) is 0. The average Bonchev–Trinajstić information content (AvgIpc) is 2.83. The highest BCUT2D eigenvalue weighted by atomic mass is 32.1. The molecule has 1 heterocycles. The number of fused-ring (bicyclic) bond motifs is 1. The van der Waals surface area contributed by atoms with E-state index in [0.717, 1.165) is 37.7 Å². The van der Waals surface area contributed by atoms with Crippen molar-refractivity contribution in [3.05, 3.63) is 16.0 Å². The van der Waals surface area contributed by atoms with Gasteiger partial charge in [0.2, 0.25) is 0 Å². The maximum atomic E-state index is 12.2. The molecule has 0 spiro atoms. The summed E-state index contributed by atoms with van der Waals surface area (Å²) in [5, 5.41) is 6.19. The third kappa shape index (κ3) is 3.75. The van der Waals surface area contributed by atoms with E-state index in [1.807, 2.05) is 6.92 Å². The van der Waals surface area contributed by atoms with Crippen LogP contribution in [0.1, 0.15) is 53.9 Å². The van der Waals surface area contributed by atoms with Crippen LogP contribution < -0.4 is 10.6 Å². The van der Waals surface area contributed by atoms with Crippen LogP contribution in [0.4, 0.5) is 9.80 Å². The topological polar surface area (TPSA) is 67.4 Å². The van der Waals surface area contributed by atoms with E-state index in [0.29, 0.717) is 23.7 Å². The van der Waals surface area contributed by atoms with Gasteiger partial charge in [0.15, 0.2) is 0 Å². The molecule has 21 heavy (non-hydrogen) atoms. The van der Waals surface area contributed by atoms with Crippen LogP contribution in [0.2, 0.25) is 0 Å². The molecule has 0 fully saturated rings. The predicted octanol–water partition coefficient (Wildman–Crippen LogP) is 3.34. The lowest BCUT2D eigenvalue weighted by atomic mass is 9.95. The molecule has 2 amide bonds. The number of aryl methyl sites for hydroxylation is 1. The van der Waals surface area contributed by atoms with E-state index in [1.54, 1.807) is 6.92 Å². The molecule has 1 aromatic rings. The number of anilines is 1. The molecule has 0 atom stereocenters. The van der Waals surface area contributed by atoms with Crippen LogP contribution in [0.25, 0.3) is 0 Å². The first kappa shape index (κ1) is 15.8. The number of rotatable bonds is 5. The standard InChI is InChI=1S/C15H22N2O3S/c1-3-9-16-15(19)17-13-12(14(18)20-4-2)10-7-5-6-8-11(10)21-13/h3-9H2,1-2H3,(H2,16,17,19). The fraction of sp³-hybridized carbons (Fsp3) is 0.600. The van der Waals surface area contributed by atoms with E-state index in [1.165, 1.54) is 16.2 Å². The zero-order valence-corrected chi connectivity index (χ0v) is 13.4. The summed E-state index contributed by atoms with van der Waals surface area (Å²) >= 11 is 1.51. The van der Waals surface area contributed by atoms with Crippen LogP contribution in [-0.2, 0) is 17.6 Å². The number of nitrogens with one attached hydrogen (secondary N) is 2. The van der Waals surface area contributed by atoms with Crippen molar-refractivity contribution < 1.29 is 14.3 Å². The molecule has 1 aromatic heterocycles. The highest BCUT2D eigenvalue weighted by Crippen LogP contribution is 2.38. The number of amides is 2. The van der Waals surface area contributed by atoms with E-state index >= 15 is 0 Å². The molecule has 0 bridgehead atoms. The highest BCUT2D eigenvalue weighted by molar-refractivity contribution is 7.17. The van der Waals surface area contributed by atoms with Crippen LogP contribution >= 0.6 is 11.3 Å². The molecule has 0 radical (unpaired) electrons. The Balaban J connectivity index is 2.24. The molecule has 6 heteroatoms. The monoisotopic (exact) mass is 310 g/mol. The number of carbonyl (C=O) groups excluding carboxylic acids is 2. The van der Waals surface area contributed by atoms with Crippen LogP contribution in [0.3, 0.4) is 0 Å². The zero-order chi connectivity index (χ0) is 15.2. The Labute approximate surface area is 129 Å². The van der Waals surface area contributed by atoms with Gasteiger partial charge < -0.3 is 10.1 Å². The Kier molecular flexibility index (Phi) is 5.61. The number of thiophene rings is 1. The van der Waals surface area contributed by atoms with Gasteiger partial charge in [-0.15, -0.1) is 11.3 Å². The first-order valence-electron chi connectivity index (χ1n) is 7.53. The SMILES string of the molecule is CCCNC(=O)Nc1sc2c(c1C(=O)OCC)CCCC2. The van der Waals surface area contributed by atoms with E-state index in [9.17, 15) is 9.59 Å². The van der Waals surface area contributed by atoms with Crippen LogP contribution in [-0.4, -0.2) is 25.2 Å². The number of hydrogen-bond acceptors (Lipinski definition) is 4. The van der Waals surface area contributed by atoms with Gasteiger partial charge in [-0.05, 0) is 44.6 Å². The van der Waals surface area contributed by atoms with Gasteiger partial charge in [-0.2, -0.15) is 0 Å². The maximum absolute atomic E-state index is 12.2. The van der Waals surface area contributed by atoms with Crippen molar-refractivity contribution in [3.8, 4) is 0 Å². The molecular formula is C15H22N2O3S. The quantitative estimate of drug-likeness (QED) is 0.820. The van der Waals surface area contributed by atoms with Crippen molar-refractivity contribution in [2.75, 3.05) is 18.5 Å². The third-order valence-electron chi connectivity index (χ3n) is 3.41. The maximum Gasteiger partial charge on any atom is 0.341 e. The second kappa shape index (κ2) is 7.45. The van der Waals surface area contributed by atoms with Crippen molar-refractivity contribution in [1.29, 1.82) is 0 Å². The molecule has 2 rings (SSSR count). The molecule has 5 nitrogen and oxygen atoms in total. The minimum absolute atomic E-state index is 0.263. The average molecular weight is 310 g/mol. The third-order valence-corrected chi connectivity index (χ3v) is 4.62. The lowest BCUT2D eigenvalue weighted by molar-refractivity contribution is 0.0526. The minimum Gasteiger partial charge on any atom is -0.462 e. The van der Waals surface area contributed by atoms with Crippen LogP contribution in [0.5, 0.6) is 0 Å². The molecule has 0 aliphatic heterocycles. The van der Waals surface area contributed by atoms with Gasteiger partial charge in [0.05, 0.1) is 12.2 Å². The first-order chi connectivity index (χ1) is 10.2. The Morgan fingerprint density at radius 1 is 1.24 bits per heavy atom. The van der Waals surface area contributed by atoms with Gasteiger partial charge in [-0.25, -0.2) is 9.59 Å². The van der Waals surface area contributed by atoms with Crippen molar-refractivity contribution in [1.82, 2.24) is 5.32 Å². The number of hydrogen-bond donors (Lipinski definition) is 2. The van der Waals surface area contributed by atoms with Crippen molar-refractivity contribution in [2.45, 2.75) is 46.0 Å². The summed E-state index contributed by atoms with van der Waals surface area (Å²) in [5.74, 6) is -0.331. The zero-order valence-electron chi connectivity index (χ0n) is 12.6. The largest absolute Gasteiger partial charge is 0.462 e. The Hall–Kier alpha value is -1.56. The van der Waals surface area contributed by atoms with Gasteiger partial charge in [-0.1, -0.05) is 6.92 Å².